The number of carbonyl (C=O) groups is 2. The van der Waals surface area contributed by atoms with Gasteiger partial charge in [0.15, 0.2) is 5.78 Å². The summed E-state index contributed by atoms with van der Waals surface area (Å²) < 4.78 is 10.5. The highest BCUT2D eigenvalue weighted by atomic mass is 32.1. The van der Waals surface area contributed by atoms with Gasteiger partial charge >= 0.3 is 0 Å². The summed E-state index contributed by atoms with van der Waals surface area (Å²) in [6.45, 7) is 2.02. The second-order valence-electron chi connectivity index (χ2n) is 4.87. The number of nitrogens with one attached hydrogen (secondary N) is 1. The first-order chi connectivity index (χ1) is 11.1. The van der Waals surface area contributed by atoms with Crippen LogP contribution in [0.25, 0.3) is 0 Å². The van der Waals surface area contributed by atoms with E-state index in [9.17, 15) is 9.59 Å². The molecule has 0 fully saturated rings. The van der Waals surface area contributed by atoms with Crippen LogP contribution in [0.4, 0.5) is 0 Å². The van der Waals surface area contributed by atoms with Gasteiger partial charge in [-0.25, -0.2) is 0 Å². The van der Waals surface area contributed by atoms with Crippen molar-refractivity contribution >= 4 is 23.0 Å². The van der Waals surface area contributed by atoms with Gasteiger partial charge in [-0.3, -0.25) is 9.59 Å². The second-order valence-corrected chi connectivity index (χ2v) is 6.03. The Morgan fingerprint density at radius 1 is 1.09 bits per heavy atom. The van der Waals surface area contributed by atoms with E-state index in [-0.39, 0.29) is 11.7 Å². The van der Waals surface area contributed by atoms with Gasteiger partial charge in [0, 0.05) is 11.4 Å². The van der Waals surface area contributed by atoms with E-state index in [1.807, 2.05) is 12.1 Å². The Morgan fingerprint density at radius 2 is 1.74 bits per heavy atom. The molecule has 23 heavy (non-hydrogen) atoms. The summed E-state index contributed by atoms with van der Waals surface area (Å²) >= 11 is 1.45. The quantitative estimate of drug-likeness (QED) is 0.791. The van der Waals surface area contributed by atoms with Crippen molar-refractivity contribution in [1.29, 1.82) is 0 Å². The van der Waals surface area contributed by atoms with Crippen molar-refractivity contribution in [2.75, 3.05) is 20.8 Å². The van der Waals surface area contributed by atoms with Crippen LogP contribution >= 0.6 is 11.3 Å². The highest BCUT2D eigenvalue weighted by Crippen LogP contribution is 2.28. The molecule has 0 aliphatic carbocycles. The van der Waals surface area contributed by atoms with Crippen LogP contribution in [-0.2, 0) is 6.42 Å². The van der Waals surface area contributed by atoms with Crippen molar-refractivity contribution in [1.82, 2.24) is 5.32 Å². The van der Waals surface area contributed by atoms with E-state index in [0.29, 0.717) is 30.0 Å². The lowest BCUT2D eigenvalue weighted by Gasteiger charge is -2.12. The number of amides is 1. The molecular formula is C17H19NO4S. The van der Waals surface area contributed by atoms with Crippen molar-refractivity contribution in [3.8, 4) is 11.5 Å². The Bertz CT molecular complexity index is 686. The summed E-state index contributed by atoms with van der Waals surface area (Å²) in [5, 5.41) is 2.86. The number of Topliss-reactive ketones (excluding diaryl/α,β-unsaturated/α-hetero) is 1. The van der Waals surface area contributed by atoms with Gasteiger partial charge in [-0.2, -0.15) is 0 Å². The highest BCUT2D eigenvalue weighted by Gasteiger charge is 2.17. The molecule has 0 saturated carbocycles. The van der Waals surface area contributed by atoms with Crippen molar-refractivity contribution < 1.29 is 19.1 Å². The highest BCUT2D eigenvalue weighted by molar-refractivity contribution is 7.14. The number of hydrogen-bond donors (Lipinski definition) is 1. The molecule has 0 saturated heterocycles. The lowest BCUT2D eigenvalue weighted by molar-refractivity contribution is 0.0947. The summed E-state index contributed by atoms with van der Waals surface area (Å²) in [4.78, 5) is 25.5. The SMILES string of the molecule is COc1cccc(OC)c1C(=O)NCCc1ccc(C(C)=O)s1. The molecule has 2 aromatic rings. The molecule has 6 heteroatoms. The van der Waals surface area contributed by atoms with E-state index >= 15 is 0 Å². The third-order valence-electron chi connectivity index (χ3n) is 3.32. The van der Waals surface area contributed by atoms with Crippen molar-refractivity contribution in [2.24, 2.45) is 0 Å². The Hall–Kier alpha value is -2.34. The maximum atomic E-state index is 12.4. The van der Waals surface area contributed by atoms with Gasteiger partial charge < -0.3 is 14.8 Å². The molecule has 1 N–H and O–H groups in total. The fraction of sp³-hybridized carbons (Fsp3) is 0.294. The van der Waals surface area contributed by atoms with Crippen molar-refractivity contribution in [3.05, 3.63) is 45.6 Å². The molecule has 1 heterocycles. The topological polar surface area (TPSA) is 64.6 Å². The largest absolute Gasteiger partial charge is 0.496 e. The zero-order chi connectivity index (χ0) is 16.8. The number of benzene rings is 1. The molecule has 0 bridgehead atoms. The fourth-order valence-electron chi connectivity index (χ4n) is 2.16. The number of hydrogen-bond acceptors (Lipinski definition) is 5. The number of ketones is 1. The van der Waals surface area contributed by atoms with Gasteiger partial charge in [-0.15, -0.1) is 11.3 Å². The minimum Gasteiger partial charge on any atom is -0.496 e. The van der Waals surface area contributed by atoms with Crippen LogP contribution in [0.1, 0.15) is 31.8 Å². The molecule has 1 amide bonds. The van der Waals surface area contributed by atoms with E-state index in [1.165, 1.54) is 25.6 Å². The molecule has 0 aliphatic heterocycles. The Balaban J connectivity index is 2.01. The number of ether oxygens (including phenoxy) is 2. The summed E-state index contributed by atoms with van der Waals surface area (Å²) in [6.07, 6.45) is 0.668. The third-order valence-corrected chi connectivity index (χ3v) is 4.57. The van der Waals surface area contributed by atoms with Crippen LogP contribution in [0.2, 0.25) is 0 Å². The normalized spacial score (nSPS) is 10.2. The lowest BCUT2D eigenvalue weighted by atomic mass is 10.1. The number of thiophene rings is 1. The minimum atomic E-state index is -0.248. The lowest BCUT2D eigenvalue weighted by Crippen LogP contribution is -2.26. The number of carbonyl (C=O) groups excluding carboxylic acids is 2. The summed E-state index contributed by atoms with van der Waals surface area (Å²) in [7, 11) is 3.03. The van der Waals surface area contributed by atoms with Crippen LogP contribution in [0, 0.1) is 0 Å². The standard InChI is InChI=1S/C17H19NO4S/c1-11(19)15-8-7-12(23-15)9-10-18-17(20)16-13(21-2)5-4-6-14(16)22-3/h4-8H,9-10H2,1-3H3,(H,18,20). The first-order valence-electron chi connectivity index (χ1n) is 7.15. The zero-order valence-electron chi connectivity index (χ0n) is 13.3. The van der Waals surface area contributed by atoms with Crippen molar-refractivity contribution in [2.45, 2.75) is 13.3 Å². The molecule has 0 aliphatic rings. The predicted octanol–water partition coefficient (Wildman–Crippen LogP) is 2.94. The van der Waals surface area contributed by atoms with E-state index in [4.69, 9.17) is 9.47 Å². The molecule has 1 aromatic carbocycles. The Kier molecular flexibility index (Phi) is 5.76. The zero-order valence-corrected chi connectivity index (χ0v) is 14.2. The van der Waals surface area contributed by atoms with Gasteiger partial charge in [0.2, 0.25) is 0 Å². The van der Waals surface area contributed by atoms with Crippen LogP contribution in [0.15, 0.2) is 30.3 Å². The van der Waals surface area contributed by atoms with E-state index in [0.717, 1.165) is 9.75 Å². The van der Waals surface area contributed by atoms with Crippen LogP contribution in [0.5, 0.6) is 11.5 Å². The maximum absolute atomic E-state index is 12.4. The van der Waals surface area contributed by atoms with Gasteiger partial charge in [-0.05, 0) is 37.6 Å². The van der Waals surface area contributed by atoms with Gasteiger partial charge in [0.05, 0.1) is 19.1 Å². The molecule has 1 aromatic heterocycles. The third kappa shape index (κ3) is 4.10. The summed E-state index contributed by atoms with van der Waals surface area (Å²) in [6, 6.07) is 8.93. The van der Waals surface area contributed by atoms with E-state index in [1.54, 1.807) is 25.1 Å². The molecule has 2 rings (SSSR count). The molecular weight excluding hydrogens is 314 g/mol. The predicted molar refractivity (Wildman–Crippen MR) is 89.9 cm³/mol. The monoisotopic (exact) mass is 333 g/mol. The minimum absolute atomic E-state index is 0.0593. The number of methoxy groups -OCH3 is 2. The molecule has 5 nitrogen and oxygen atoms in total. The Labute approximate surface area is 139 Å². The smallest absolute Gasteiger partial charge is 0.258 e. The van der Waals surface area contributed by atoms with Gasteiger partial charge in [0.1, 0.15) is 17.1 Å². The average Bonchev–Trinajstić information content (AvgIpc) is 3.03. The summed E-state index contributed by atoms with van der Waals surface area (Å²) in [5.74, 6) is 0.750. The first kappa shape index (κ1) is 17.0. The molecule has 0 unspecified atom stereocenters. The molecule has 0 atom stereocenters. The van der Waals surface area contributed by atoms with Crippen LogP contribution in [-0.4, -0.2) is 32.5 Å². The Morgan fingerprint density at radius 3 is 2.26 bits per heavy atom. The molecule has 122 valence electrons. The molecule has 0 radical (unpaired) electrons. The van der Waals surface area contributed by atoms with Crippen LogP contribution in [0.3, 0.4) is 0 Å². The fourth-order valence-corrected chi connectivity index (χ4v) is 3.07. The van der Waals surface area contributed by atoms with E-state index in [2.05, 4.69) is 5.32 Å². The van der Waals surface area contributed by atoms with Gasteiger partial charge in [0.25, 0.3) is 5.91 Å². The molecule has 0 spiro atoms. The first-order valence-corrected chi connectivity index (χ1v) is 7.97. The average molecular weight is 333 g/mol. The van der Waals surface area contributed by atoms with Crippen LogP contribution < -0.4 is 14.8 Å². The van der Waals surface area contributed by atoms with Gasteiger partial charge in [-0.1, -0.05) is 6.07 Å². The maximum Gasteiger partial charge on any atom is 0.258 e. The van der Waals surface area contributed by atoms with E-state index < -0.39 is 0 Å². The van der Waals surface area contributed by atoms with Crippen molar-refractivity contribution in [3.63, 3.8) is 0 Å². The number of rotatable bonds is 7. The second kappa shape index (κ2) is 7.78. The summed E-state index contributed by atoms with van der Waals surface area (Å²) in [5.41, 5.74) is 0.383.